The number of aromatic nitrogens is 2. The average molecular weight is 385 g/mol. The van der Waals surface area contributed by atoms with E-state index < -0.39 is 0 Å². The fourth-order valence-corrected chi connectivity index (χ4v) is 4.11. The number of nitrogens with one attached hydrogen (secondary N) is 1. The largest absolute Gasteiger partial charge is 0.383 e. The highest BCUT2D eigenvalue weighted by Gasteiger charge is 2.27. The third-order valence-electron chi connectivity index (χ3n) is 5.75. The number of rotatable bonds is 6. The number of pyridine rings is 1. The van der Waals surface area contributed by atoms with E-state index in [0.717, 1.165) is 43.9 Å². The van der Waals surface area contributed by atoms with Gasteiger partial charge in [0.1, 0.15) is 0 Å². The lowest BCUT2D eigenvalue weighted by Crippen LogP contribution is -2.49. The number of carbonyl (C=O) groups excluding carboxylic acids is 2. The van der Waals surface area contributed by atoms with Gasteiger partial charge >= 0.3 is 6.03 Å². The summed E-state index contributed by atoms with van der Waals surface area (Å²) >= 11 is 0. The minimum absolute atomic E-state index is 0.227. The van der Waals surface area contributed by atoms with Gasteiger partial charge in [-0.15, -0.1) is 0 Å². The highest BCUT2D eigenvalue weighted by molar-refractivity contribution is 6.07. The first-order chi connectivity index (χ1) is 13.6. The minimum atomic E-state index is -0.375. The maximum Gasteiger partial charge on any atom is 0.328 e. The molecule has 0 atom stereocenters. The average Bonchev–Trinajstić information content (AvgIpc) is 3.10. The van der Waals surface area contributed by atoms with Crippen molar-refractivity contribution < 1.29 is 14.3 Å². The summed E-state index contributed by atoms with van der Waals surface area (Å²) in [7, 11) is 1.75. The van der Waals surface area contributed by atoms with Gasteiger partial charge in [0.05, 0.1) is 24.0 Å². The molecule has 2 aromatic rings. The van der Waals surface area contributed by atoms with Crippen molar-refractivity contribution in [2.45, 2.75) is 25.7 Å². The Bertz CT molecular complexity index is 857. The molecule has 8 nitrogen and oxygen atoms in total. The van der Waals surface area contributed by atoms with Gasteiger partial charge in [-0.25, -0.2) is 9.31 Å². The number of anilines is 1. The molecule has 0 spiro atoms. The van der Waals surface area contributed by atoms with E-state index in [0.29, 0.717) is 18.9 Å². The van der Waals surface area contributed by atoms with E-state index in [1.165, 1.54) is 18.4 Å². The monoisotopic (exact) mass is 385 g/mol. The van der Waals surface area contributed by atoms with Crippen molar-refractivity contribution >= 4 is 23.1 Å². The van der Waals surface area contributed by atoms with E-state index in [4.69, 9.17) is 4.74 Å². The van der Waals surface area contributed by atoms with Gasteiger partial charge in [-0.3, -0.25) is 15.0 Å². The molecular formula is C20H27N5O3. The number of hydrogen-bond acceptors (Lipinski definition) is 5. The van der Waals surface area contributed by atoms with E-state index in [-0.39, 0.29) is 11.9 Å². The third kappa shape index (κ3) is 4.02. The van der Waals surface area contributed by atoms with Crippen molar-refractivity contribution in [3.8, 4) is 0 Å². The molecule has 150 valence electrons. The summed E-state index contributed by atoms with van der Waals surface area (Å²) in [6, 6.07) is 3.87. The Morgan fingerprint density at radius 2 is 2.07 bits per heavy atom. The van der Waals surface area contributed by atoms with E-state index >= 15 is 0 Å². The molecule has 1 N–H and O–H groups in total. The van der Waals surface area contributed by atoms with Gasteiger partial charge in [0, 0.05) is 32.8 Å². The maximum absolute atomic E-state index is 12.2. The van der Waals surface area contributed by atoms with Crippen LogP contribution in [0.3, 0.4) is 0 Å². The standard InChI is InChI=1S/C20H27N5O3/c1-28-11-10-23-6-2-15(3-7-23)12-16-4-9-25-17(13-16)18(14-21-25)24-8-5-19(26)22-20(24)27/h4,9,13-15H,2-3,5-8,10-12H2,1H3,(H,22,26,27). The number of ether oxygens (including phenoxy) is 1. The van der Waals surface area contributed by atoms with Crippen molar-refractivity contribution in [1.29, 1.82) is 0 Å². The van der Waals surface area contributed by atoms with Crippen LogP contribution in [0.25, 0.3) is 5.52 Å². The van der Waals surface area contributed by atoms with Crippen LogP contribution in [0.4, 0.5) is 10.5 Å². The zero-order chi connectivity index (χ0) is 19.5. The van der Waals surface area contributed by atoms with Crippen molar-refractivity contribution in [3.63, 3.8) is 0 Å². The van der Waals surface area contributed by atoms with Gasteiger partial charge in [0.15, 0.2) is 0 Å². The fourth-order valence-electron chi connectivity index (χ4n) is 4.11. The first kappa shape index (κ1) is 18.9. The Morgan fingerprint density at radius 1 is 1.25 bits per heavy atom. The van der Waals surface area contributed by atoms with Gasteiger partial charge < -0.3 is 9.64 Å². The molecule has 0 aromatic carbocycles. The number of piperidine rings is 1. The molecule has 3 amide bonds. The summed E-state index contributed by atoms with van der Waals surface area (Å²) < 4.78 is 6.96. The molecule has 0 saturated carbocycles. The first-order valence-electron chi connectivity index (χ1n) is 9.93. The zero-order valence-electron chi connectivity index (χ0n) is 16.3. The normalized spacial score (nSPS) is 19.4. The molecule has 2 aliphatic heterocycles. The van der Waals surface area contributed by atoms with Crippen LogP contribution in [0.5, 0.6) is 0 Å². The number of hydrogen-bond donors (Lipinski definition) is 1. The van der Waals surface area contributed by atoms with Gasteiger partial charge in [-0.05, 0) is 56.0 Å². The second kappa shape index (κ2) is 8.28. The minimum Gasteiger partial charge on any atom is -0.383 e. The topological polar surface area (TPSA) is 79.2 Å². The quantitative estimate of drug-likeness (QED) is 0.819. The van der Waals surface area contributed by atoms with Crippen LogP contribution < -0.4 is 10.2 Å². The second-order valence-electron chi connectivity index (χ2n) is 7.63. The molecule has 28 heavy (non-hydrogen) atoms. The fraction of sp³-hybridized carbons (Fsp3) is 0.550. The Hall–Kier alpha value is -2.45. The molecule has 8 heteroatoms. The van der Waals surface area contributed by atoms with Crippen molar-refractivity contribution in [2.75, 3.05) is 44.8 Å². The third-order valence-corrected chi connectivity index (χ3v) is 5.75. The van der Waals surface area contributed by atoms with Crippen LogP contribution in [0.1, 0.15) is 24.8 Å². The predicted octanol–water partition coefficient (Wildman–Crippen LogP) is 1.68. The molecule has 0 unspecified atom stereocenters. The van der Waals surface area contributed by atoms with Crippen molar-refractivity contribution in [1.82, 2.24) is 19.8 Å². The van der Waals surface area contributed by atoms with Gasteiger partial charge in [-0.2, -0.15) is 5.10 Å². The number of nitrogens with zero attached hydrogens (tertiary/aromatic N) is 4. The molecule has 0 bridgehead atoms. The molecule has 2 fully saturated rings. The van der Waals surface area contributed by atoms with Gasteiger partial charge in [0.25, 0.3) is 0 Å². The summed E-state index contributed by atoms with van der Waals surface area (Å²) in [6.07, 6.45) is 7.38. The molecule has 2 aromatic heterocycles. The van der Waals surface area contributed by atoms with Crippen molar-refractivity contribution in [2.24, 2.45) is 5.92 Å². The summed E-state index contributed by atoms with van der Waals surface area (Å²) in [5.41, 5.74) is 2.92. The van der Waals surface area contributed by atoms with Crippen molar-refractivity contribution in [3.05, 3.63) is 30.1 Å². The maximum atomic E-state index is 12.2. The molecule has 0 radical (unpaired) electrons. The number of fused-ring (bicyclic) bond motifs is 1. The number of amides is 3. The molecule has 4 heterocycles. The molecule has 2 aliphatic rings. The van der Waals surface area contributed by atoms with Crippen LogP contribution >= 0.6 is 0 Å². The number of likely N-dealkylation sites (tertiary alicyclic amines) is 1. The Kier molecular flexibility index (Phi) is 5.59. The van der Waals surface area contributed by atoms with Crippen LogP contribution in [-0.2, 0) is 16.0 Å². The van der Waals surface area contributed by atoms with Crippen LogP contribution in [0, 0.1) is 5.92 Å². The molecule has 4 rings (SSSR count). The zero-order valence-corrected chi connectivity index (χ0v) is 16.3. The lowest BCUT2D eigenvalue weighted by molar-refractivity contribution is -0.120. The van der Waals surface area contributed by atoms with E-state index in [2.05, 4.69) is 27.4 Å². The highest BCUT2D eigenvalue weighted by atomic mass is 16.5. The molecular weight excluding hydrogens is 358 g/mol. The number of urea groups is 1. The van der Waals surface area contributed by atoms with Gasteiger partial charge in [-0.1, -0.05) is 0 Å². The Morgan fingerprint density at radius 3 is 2.82 bits per heavy atom. The summed E-state index contributed by atoms with van der Waals surface area (Å²) in [5, 5.41) is 6.74. The Labute approximate surface area is 164 Å². The van der Waals surface area contributed by atoms with Crippen LogP contribution in [0.15, 0.2) is 24.5 Å². The van der Waals surface area contributed by atoms with Crippen LogP contribution in [-0.4, -0.2) is 66.3 Å². The smallest absolute Gasteiger partial charge is 0.328 e. The lowest BCUT2D eigenvalue weighted by atomic mass is 9.90. The molecule has 0 aliphatic carbocycles. The van der Waals surface area contributed by atoms with Gasteiger partial charge in [0.2, 0.25) is 5.91 Å². The van der Waals surface area contributed by atoms with Crippen LogP contribution in [0.2, 0.25) is 0 Å². The number of methoxy groups -OCH3 is 1. The lowest BCUT2D eigenvalue weighted by Gasteiger charge is -2.31. The predicted molar refractivity (Wildman–Crippen MR) is 105 cm³/mol. The molecule has 2 saturated heterocycles. The summed E-state index contributed by atoms with van der Waals surface area (Å²) in [4.78, 5) is 27.7. The van der Waals surface area contributed by atoms with E-state index in [1.54, 1.807) is 22.7 Å². The number of imide groups is 1. The second-order valence-corrected chi connectivity index (χ2v) is 7.63. The Balaban J connectivity index is 1.45. The van der Waals surface area contributed by atoms with E-state index in [9.17, 15) is 9.59 Å². The first-order valence-corrected chi connectivity index (χ1v) is 9.93. The highest BCUT2D eigenvalue weighted by Crippen LogP contribution is 2.27. The SMILES string of the molecule is COCCN1CCC(Cc2ccn3ncc(N4CCC(=O)NC4=O)c3c2)CC1. The summed E-state index contributed by atoms with van der Waals surface area (Å²) in [6.45, 7) is 4.43. The number of carbonyl (C=O) groups is 2. The summed E-state index contributed by atoms with van der Waals surface area (Å²) in [5.74, 6) is 0.443. The van der Waals surface area contributed by atoms with E-state index in [1.807, 2.05) is 6.20 Å².